The summed E-state index contributed by atoms with van der Waals surface area (Å²) in [5.41, 5.74) is 1.96. The zero-order valence-electron chi connectivity index (χ0n) is 14.8. The van der Waals surface area contributed by atoms with E-state index in [2.05, 4.69) is 15.6 Å². The van der Waals surface area contributed by atoms with Gasteiger partial charge in [0.25, 0.3) is 5.91 Å². The van der Waals surface area contributed by atoms with Crippen molar-refractivity contribution < 1.29 is 14.7 Å². The van der Waals surface area contributed by atoms with Crippen molar-refractivity contribution in [2.45, 2.75) is 6.42 Å². The van der Waals surface area contributed by atoms with Gasteiger partial charge in [0.2, 0.25) is 5.91 Å². The molecule has 0 aliphatic rings. The van der Waals surface area contributed by atoms with Crippen LogP contribution in [-0.2, 0) is 11.2 Å². The second kappa shape index (κ2) is 9.34. The maximum Gasteiger partial charge on any atom is 0.251 e. The van der Waals surface area contributed by atoms with E-state index in [0.29, 0.717) is 29.4 Å². The van der Waals surface area contributed by atoms with E-state index in [-0.39, 0.29) is 24.0 Å². The lowest BCUT2D eigenvalue weighted by atomic mass is 10.2. The molecule has 0 saturated heterocycles. The minimum absolute atomic E-state index is 0.101. The number of aromatic hydroxyl groups is 1. The molecule has 8 heteroatoms. The largest absolute Gasteiger partial charge is 0.508 e. The summed E-state index contributed by atoms with van der Waals surface area (Å²) in [6, 6.07) is 13.4. The highest BCUT2D eigenvalue weighted by atomic mass is 35.5. The Balaban J connectivity index is 1.43. The van der Waals surface area contributed by atoms with Gasteiger partial charge in [0.15, 0.2) is 0 Å². The van der Waals surface area contributed by atoms with Crippen molar-refractivity contribution in [3.63, 3.8) is 0 Å². The normalized spacial score (nSPS) is 10.5. The summed E-state index contributed by atoms with van der Waals surface area (Å²) in [5.74, 6) is -0.337. The Bertz CT molecular complexity index is 973. The van der Waals surface area contributed by atoms with Gasteiger partial charge in [0.1, 0.15) is 10.8 Å². The molecule has 1 aromatic heterocycles. The number of benzene rings is 2. The second-order valence-corrected chi connectivity index (χ2v) is 7.22. The summed E-state index contributed by atoms with van der Waals surface area (Å²) < 4.78 is 0. The van der Waals surface area contributed by atoms with Crippen molar-refractivity contribution in [3.8, 4) is 16.3 Å². The van der Waals surface area contributed by atoms with Crippen molar-refractivity contribution in [1.29, 1.82) is 0 Å². The van der Waals surface area contributed by atoms with Gasteiger partial charge in [-0.25, -0.2) is 4.98 Å². The second-order valence-electron chi connectivity index (χ2n) is 5.95. The smallest absolute Gasteiger partial charge is 0.251 e. The van der Waals surface area contributed by atoms with Crippen LogP contribution in [0, 0.1) is 0 Å². The molecule has 0 spiro atoms. The monoisotopic (exact) mass is 415 g/mol. The number of amides is 2. The number of carbonyl (C=O) groups is 2. The first-order valence-electron chi connectivity index (χ1n) is 8.56. The number of rotatable bonds is 7. The average molecular weight is 416 g/mol. The van der Waals surface area contributed by atoms with Crippen LogP contribution in [0.1, 0.15) is 16.1 Å². The molecule has 3 aromatic rings. The summed E-state index contributed by atoms with van der Waals surface area (Å²) in [7, 11) is 0. The Labute approximate surface area is 171 Å². The van der Waals surface area contributed by atoms with E-state index >= 15 is 0 Å². The molecule has 0 atom stereocenters. The highest BCUT2D eigenvalue weighted by molar-refractivity contribution is 7.13. The molecule has 2 aromatic carbocycles. The fourth-order valence-electron chi connectivity index (χ4n) is 2.47. The first-order chi connectivity index (χ1) is 13.5. The van der Waals surface area contributed by atoms with Gasteiger partial charge in [-0.05, 0) is 30.3 Å². The predicted molar refractivity (Wildman–Crippen MR) is 110 cm³/mol. The van der Waals surface area contributed by atoms with E-state index in [1.54, 1.807) is 6.07 Å². The van der Waals surface area contributed by atoms with Crippen LogP contribution in [-0.4, -0.2) is 35.0 Å². The summed E-state index contributed by atoms with van der Waals surface area (Å²) in [5, 5.41) is 17.9. The summed E-state index contributed by atoms with van der Waals surface area (Å²) >= 11 is 7.62. The van der Waals surface area contributed by atoms with Crippen molar-refractivity contribution in [3.05, 3.63) is 70.2 Å². The Hall–Kier alpha value is -2.90. The zero-order valence-corrected chi connectivity index (χ0v) is 16.4. The third-order valence-corrected chi connectivity index (χ3v) is 5.11. The number of carbonyl (C=O) groups excluding carboxylic acids is 2. The topological polar surface area (TPSA) is 91.3 Å². The molecular weight excluding hydrogens is 398 g/mol. The number of thiazole rings is 1. The third-order valence-electron chi connectivity index (χ3n) is 3.86. The van der Waals surface area contributed by atoms with Crippen LogP contribution in [0.3, 0.4) is 0 Å². The average Bonchev–Trinajstić information content (AvgIpc) is 3.14. The van der Waals surface area contributed by atoms with E-state index in [9.17, 15) is 14.7 Å². The number of phenolic OH excluding ortho intramolecular Hbond substituents is 1. The SMILES string of the molecule is O=C(Cc1csc(-c2ccccc2Cl)n1)NCCNC(=O)c1ccc(O)cc1. The predicted octanol–water partition coefficient (Wildman–Crippen LogP) is 3.26. The van der Waals surface area contributed by atoms with Gasteiger partial charge in [0, 0.05) is 29.6 Å². The van der Waals surface area contributed by atoms with Gasteiger partial charge in [0.05, 0.1) is 17.1 Å². The van der Waals surface area contributed by atoms with E-state index in [1.807, 2.05) is 23.6 Å². The van der Waals surface area contributed by atoms with Gasteiger partial charge >= 0.3 is 0 Å². The Morgan fingerprint density at radius 1 is 1.04 bits per heavy atom. The lowest BCUT2D eigenvalue weighted by Gasteiger charge is -2.07. The number of nitrogens with zero attached hydrogens (tertiary/aromatic N) is 1. The molecule has 0 unspecified atom stereocenters. The molecule has 6 nitrogen and oxygen atoms in total. The van der Waals surface area contributed by atoms with Gasteiger partial charge < -0.3 is 15.7 Å². The molecular formula is C20H18ClN3O3S. The van der Waals surface area contributed by atoms with Crippen LogP contribution in [0.5, 0.6) is 5.75 Å². The minimum atomic E-state index is -0.266. The standard InChI is InChI=1S/C20H18ClN3O3S/c21-17-4-2-1-3-16(17)20-24-14(12-28-20)11-18(26)22-9-10-23-19(27)13-5-7-15(25)8-6-13/h1-8,12,25H,9-11H2,(H,22,26)(H,23,27). The van der Waals surface area contributed by atoms with Crippen LogP contribution in [0.4, 0.5) is 0 Å². The number of nitrogens with one attached hydrogen (secondary N) is 2. The first-order valence-corrected chi connectivity index (χ1v) is 9.82. The van der Waals surface area contributed by atoms with E-state index in [1.165, 1.54) is 35.6 Å². The van der Waals surface area contributed by atoms with Crippen LogP contribution in [0.2, 0.25) is 5.02 Å². The molecule has 3 N–H and O–H groups in total. The van der Waals surface area contributed by atoms with E-state index < -0.39 is 0 Å². The van der Waals surface area contributed by atoms with Gasteiger partial charge in [-0.1, -0.05) is 29.8 Å². The maximum absolute atomic E-state index is 12.1. The van der Waals surface area contributed by atoms with Crippen LogP contribution < -0.4 is 10.6 Å². The molecule has 0 bridgehead atoms. The van der Waals surface area contributed by atoms with Gasteiger partial charge in [-0.3, -0.25) is 9.59 Å². The molecule has 0 radical (unpaired) electrons. The number of hydrogen-bond donors (Lipinski definition) is 3. The fourth-order valence-corrected chi connectivity index (χ4v) is 3.61. The molecule has 0 fully saturated rings. The van der Waals surface area contributed by atoms with E-state index in [0.717, 1.165) is 10.6 Å². The van der Waals surface area contributed by atoms with Crippen LogP contribution in [0.15, 0.2) is 53.9 Å². The van der Waals surface area contributed by atoms with Crippen LogP contribution >= 0.6 is 22.9 Å². The molecule has 0 aliphatic carbocycles. The van der Waals surface area contributed by atoms with Gasteiger partial charge in [-0.2, -0.15) is 0 Å². The molecule has 2 amide bonds. The number of hydrogen-bond acceptors (Lipinski definition) is 5. The minimum Gasteiger partial charge on any atom is -0.508 e. The summed E-state index contributed by atoms with van der Waals surface area (Å²) in [4.78, 5) is 28.5. The van der Waals surface area contributed by atoms with Crippen molar-refractivity contribution in [2.75, 3.05) is 13.1 Å². The molecule has 28 heavy (non-hydrogen) atoms. The number of aromatic nitrogens is 1. The first kappa shape index (κ1) is 19.9. The highest BCUT2D eigenvalue weighted by Gasteiger charge is 2.11. The summed E-state index contributed by atoms with van der Waals surface area (Å²) in [6.07, 6.45) is 0.160. The lowest BCUT2D eigenvalue weighted by Crippen LogP contribution is -2.35. The van der Waals surface area contributed by atoms with E-state index in [4.69, 9.17) is 11.6 Å². The lowest BCUT2D eigenvalue weighted by molar-refractivity contribution is -0.120. The van der Waals surface area contributed by atoms with Crippen molar-refractivity contribution in [2.24, 2.45) is 0 Å². The van der Waals surface area contributed by atoms with Crippen molar-refractivity contribution >= 4 is 34.8 Å². The van der Waals surface area contributed by atoms with Gasteiger partial charge in [-0.15, -0.1) is 11.3 Å². The quantitative estimate of drug-likeness (QED) is 0.516. The molecule has 3 rings (SSSR count). The fraction of sp³-hybridized carbons (Fsp3) is 0.150. The maximum atomic E-state index is 12.1. The molecule has 0 saturated carbocycles. The number of halogens is 1. The molecule has 144 valence electrons. The molecule has 0 aliphatic heterocycles. The summed E-state index contributed by atoms with van der Waals surface area (Å²) in [6.45, 7) is 0.609. The van der Waals surface area contributed by atoms with Crippen LogP contribution in [0.25, 0.3) is 10.6 Å². The zero-order chi connectivity index (χ0) is 19.9. The third kappa shape index (κ3) is 5.31. The molecule has 1 heterocycles. The van der Waals surface area contributed by atoms with Crippen molar-refractivity contribution in [1.82, 2.24) is 15.6 Å². The highest BCUT2D eigenvalue weighted by Crippen LogP contribution is 2.30. The Kier molecular flexibility index (Phi) is 6.62. The Morgan fingerprint density at radius 2 is 1.75 bits per heavy atom. The number of phenols is 1. The Morgan fingerprint density at radius 3 is 2.50 bits per heavy atom.